The van der Waals surface area contributed by atoms with Crippen molar-refractivity contribution in [1.82, 2.24) is 0 Å². The van der Waals surface area contributed by atoms with Gasteiger partial charge in [0.05, 0.1) is 12.9 Å². The van der Waals surface area contributed by atoms with Crippen molar-refractivity contribution >= 4 is 0 Å². The summed E-state index contributed by atoms with van der Waals surface area (Å²) in [6.07, 6.45) is 8.67. The van der Waals surface area contributed by atoms with E-state index in [-0.39, 0.29) is 0 Å². The number of methoxy groups -OCH3 is 1. The summed E-state index contributed by atoms with van der Waals surface area (Å²) in [7, 11) is 1.73. The summed E-state index contributed by atoms with van der Waals surface area (Å²) < 4.78 is 5.40. The van der Waals surface area contributed by atoms with Crippen molar-refractivity contribution in [2.24, 2.45) is 11.8 Å². The molecular formula is C16H28O. The molecule has 0 rings (SSSR count). The van der Waals surface area contributed by atoms with Gasteiger partial charge < -0.3 is 4.74 Å². The number of hydrogen-bond acceptors (Lipinski definition) is 1. The molecule has 0 aliphatic heterocycles. The van der Waals surface area contributed by atoms with Crippen LogP contribution in [0.4, 0.5) is 0 Å². The molecule has 0 saturated carbocycles. The molecule has 0 spiro atoms. The van der Waals surface area contributed by atoms with Crippen molar-refractivity contribution in [3.63, 3.8) is 0 Å². The van der Waals surface area contributed by atoms with E-state index in [9.17, 15) is 0 Å². The molecule has 0 saturated heterocycles. The Morgan fingerprint density at radius 1 is 1.35 bits per heavy atom. The maximum atomic E-state index is 5.40. The fraction of sp³-hybridized carbons (Fsp3) is 0.625. The summed E-state index contributed by atoms with van der Waals surface area (Å²) in [6.45, 7) is 14.5. The molecule has 0 radical (unpaired) electrons. The van der Waals surface area contributed by atoms with Crippen LogP contribution >= 0.6 is 0 Å². The third-order valence-electron chi connectivity index (χ3n) is 3.16. The minimum absolute atomic E-state index is 0.444. The van der Waals surface area contributed by atoms with Crippen molar-refractivity contribution in [3.05, 3.63) is 36.6 Å². The highest BCUT2D eigenvalue weighted by Crippen LogP contribution is 2.21. The second kappa shape index (κ2) is 9.09. The summed E-state index contributed by atoms with van der Waals surface area (Å²) in [5.74, 6) is 1.99. The smallest absolute Gasteiger partial charge is 0.0963 e. The van der Waals surface area contributed by atoms with Gasteiger partial charge in [-0.2, -0.15) is 0 Å². The first-order valence-electron chi connectivity index (χ1n) is 6.61. The molecule has 0 bridgehead atoms. The van der Waals surface area contributed by atoms with E-state index in [1.807, 2.05) is 6.08 Å². The zero-order chi connectivity index (χ0) is 13.3. The zero-order valence-corrected chi connectivity index (χ0v) is 12.0. The standard InChI is InChI=1S/C16H28O/c1-7-9-10-14(4)15(5)12-16(17-6)11-13(3)8-2/h8,12-14H,2,5,7,9-11H2,1,3-4,6H3/b16-12-. The van der Waals surface area contributed by atoms with Gasteiger partial charge in [-0.1, -0.05) is 46.3 Å². The lowest BCUT2D eigenvalue weighted by molar-refractivity contribution is 0.268. The molecular weight excluding hydrogens is 208 g/mol. The Morgan fingerprint density at radius 3 is 2.47 bits per heavy atom. The molecule has 0 aromatic heterocycles. The molecule has 1 nitrogen and oxygen atoms in total. The maximum absolute atomic E-state index is 5.40. The van der Waals surface area contributed by atoms with Gasteiger partial charge in [0.15, 0.2) is 0 Å². The van der Waals surface area contributed by atoms with Crippen LogP contribution in [0.15, 0.2) is 36.6 Å². The van der Waals surface area contributed by atoms with Crippen molar-refractivity contribution in [2.75, 3.05) is 7.11 Å². The predicted octanol–water partition coefficient (Wildman–Crippen LogP) is 5.11. The monoisotopic (exact) mass is 236 g/mol. The Balaban J connectivity index is 4.39. The lowest BCUT2D eigenvalue weighted by Crippen LogP contribution is -2.00. The summed E-state index contributed by atoms with van der Waals surface area (Å²) in [4.78, 5) is 0. The molecule has 2 atom stereocenters. The Hall–Kier alpha value is -0.980. The Labute approximate surface area is 107 Å². The molecule has 0 N–H and O–H groups in total. The van der Waals surface area contributed by atoms with Crippen molar-refractivity contribution in [2.45, 2.75) is 46.5 Å². The van der Waals surface area contributed by atoms with Crippen LogP contribution in [0.25, 0.3) is 0 Å². The molecule has 0 amide bonds. The predicted molar refractivity (Wildman–Crippen MR) is 76.9 cm³/mol. The van der Waals surface area contributed by atoms with Gasteiger partial charge >= 0.3 is 0 Å². The highest BCUT2D eigenvalue weighted by Gasteiger charge is 2.07. The second-order valence-electron chi connectivity index (χ2n) is 4.85. The van der Waals surface area contributed by atoms with E-state index < -0.39 is 0 Å². The molecule has 98 valence electrons. The third kappa shape index (κ3) is 7.04. The third-order valence-corrected chi connectivity index (χ3v) is 3.16. The summed E-state index contributed by atoms with van der Waals surface area (Å²) >= 11 is 0. The Morgan fingerprint density at radius 2 is 2.00 bits per heavy atom. The Kier molecular flexibility index (Phi) is 8.57. The van der Waals surface area contributed by atoms with E-state index >= 15 is 0 Å². The molecule has 2 unspecified atom stereocenters. The van der Waals surface area contributed by atoms with E-state index in [2.05, 4.69) is 40.0 Å². The highest BCUT2D eigenvalue weighted by atomic mass is 16.5. The fourth-order valence-corrected chi connectivity index (χ4v) is 1.65. The summed E-state index contributed by atoms with van der Waals surface area (Å²) in [5.41, 5.74) is 1.17. The molecule has 0 fully saturated rings. The van der Waals surface area contributed by atoms with Crippen LogP contribution in [-0.4, -0.2) is 7.11 Å². The van der Waals surface area contributed by atoms with Crippen LogP contribution in [0.1, 0.15) is 46.5 Å². The molecule has 1 heteroatoms. The first-order valence-corrected chi connectivity index (χ1v) is 6.61. The summed E-state index contributed by atoms with van der Waals surface area (Å²) in [6, 6.07) is 0. The van der Waals surface area contributed by atoms with Gasteiger partial charge in [-0.25, -0.2) is 0 Å². The summed E-state index contributed by atoms with van der Waals surface area (Å²) in [5, 5.41) is 0. The van der Waals surface area contributed by atoms with Crippen LogP contribution < -0.4 is 0 Å². The lowest BCUT2D eigenvalue weighted by atomic mass is 9.95. The molecule has 0 aliphatic rings. The molecule has 17 heavy (non-hydrogen) atoms. The van der Waals surface area contributed by atoms with Gasteiger partial charge in [0.1, 0.15) is 0 Å². The van der Waals surface area contributed by atoms with E-state index in [4.69, 9.17) is 4.74 Å². The lowest BCUT2D eigenvalue weighted by Gasteiger charge is -2.14. The van der Waals surface area contributed by atoms with Crippen molar-refractivity contribution < 1.29 is 4.74 Å². The van der Waals surface area contributed by atoms with E-state index in [1.165, 1.54) is 24.8 Å². The average Bonchev–Trinajstić information content (AvgIpc) is 2.34. The van der Waals surface area contributed by atoms with E-state index in [0.29, 0.717) is 11.8 Å². The molecule has 0 aromatic carbocycles. The SMILES string of the molecule is C=CC(C)C/C(=C/C(=C)C(C)CCCC)OC. The molecule has 0 aliphatic carbocycles. The minimum atomic E-state index is 0.444. The van der Waals surface area contributed by atoms with Crippen LogP contribution in [-0.2, 0) is 4.74 Å². The van der Waals surface area contributed by atoms with Gasteiger partial charge in [-0.05, 0) is 29.9 Å². The van der Waals surface area contributed by atoms with Crippen LogP contribution in [0.3, 0.4) is 0 Å². The van der Waals surface area contributed by atoms with Gasteiger partial charge in [-0.3, -0.25) is 0 Å². The number of unbranched alkanes of at least 4 members (excludes halogenated alkanes) is 1. The van der Waals surface area contributed by atoms with Crippen molar-refractivity contribution in [3.8, 4) is 0 Å². The number of ether oxygens (including phenoxy) is 1. The topological polar surface area (TPSA) is 9.23 Å². The van der Waals surface area contributed by atoms with Gasteiger partial charge in [0, 0.05) is 6.42 Å². The number of allylic oxidation sites excluding steroid dienone is 4. The second-order valence-corrected chi connectivity index (χ2v) is 4.85. The highest BCUT2D eigenvalue weighted by molar-refractivity contribution is 5.20. The van der Waals surface area contributed by atoms with E-state index in [0.717, 1.165) is 12.2 Å². The van der Waals surface area contributed by atoms with Gasteiger partial charge in [-0.15, -0.1) is 6.58 Å². The minimum Gasteiger partial charge on any atom is -0.501 e. The normalized spacial score (nSPS) is 15.2. The largest absolute Gasteiger partial charge is 0.501 e. The number of hydrogen-bond donors (Lipinski definition) is 0. The number of rotatable bonds is 9. The average molecular weight is 236 g/mol. The Bertz CT molecular complexity index is 263. The van der Waals surface area contributed by atoms with Gasteiger partial charge in [0.2, 0.25) is 0 Å². The molecule has 0 heterocycles. The first-order chi connectivity index (χ1) is 8.04. The quantitative estimate of drug-likeness (QED) is 0.307. The van der Waals surface area contributed by atoms with E-state index in [1.54, 1.807) is 7.11 Å². The maximum Gasteiger partial charge on any atom is 0.0963 e. The van der Waals surface area contributed by atoms with Crippen molar-refractivity contribution in [1.29, 1.82) is 0 Å². The first kappa shape index (κ1) is 16.0. The van der Waals surface area contributed by atoms with Crippen LogP contribution in [0.5, 0.6) is 0 Å². The zero-order valence-electron chi connectivity index (χ0n) is 12.0. The molecule has 0 aromatic rings. The van der Waals surface area contributed by atoms with Gasteiger partial charge in [0.25, 0.3) is 0 Å². The van der Waals surface area contributed by atoms with Crippen LogP contribution in [0, 0.1) is 11.8 Å². The fourth-order valence-electron chi connectivity index (χ4n) is 1.65. The van der Waals surface area contributed by atoms with Crippen LogP contribution in [0.2, 0.25) is 0 Å².